The molecule has 1 aliphatic heterocycles. The van der Waals surface area contributed by atoms with Crippen LogP contribution in [0.25, 0.3) is 0 Å². The minimum atomic E-state index is -0.859. The summed E-state index contributed by atoms with van der Waals surface area (Å²) in [6.45, 7) is 23.3. The fourth-order valence-electron chi connectivity index (χ4n) is 7.01. The molecule has 1 saturated carbocycles. The molecule has 7 nitrogen and oxygen atoms in total. The van der Waals surface area contributed by atoms with Gasteiger partial charge in [-0.1, -0.05) is 79.6 Å². The lowest BCUT2D eigenvalue weighted by Crippen LogP contribution is -2.37. The van der Waals surface area contributed by atoms with E-state index in [1.165, 1.54) is 44.9 Å². The molecule has 268 valence electrons. The first-order valence-corrected chi connectivity index (χ1v) is 18.6. The maximum Gasteiger partial charge on any atom is 0.330 e. The van der Waals surface area contributed by atoms with Gasteiger partial charge in [0, 0.05) is 5.56 Å². The van der Waals surface area contributed by atoms with Crippen LogP contribution < -0.4 is 14.8 Å². The maximum atomic E-state index is 12.9. The number of aliphatic hydroxyl groups is 1. The average Bonchev–Trinajstić information content (AvgIpc) is 3.63. The standard InChI is InChI=1S/C40H67NO6/c1-12-39(9,10)46-37-33(34(37)43)38(44)41-24-32(42)45-35-28(6)29(7)36-31(30(35)8)21-23-40(11,47-36)22-15-20-27(5)19-14-18-26(4)17-13-16-25(2)3/h25-27,33-34,37,43H,12-24H2,1-11H3,(H,41,44). The SMILES string of the molecule is CCC(C)(C)OC1C(O)C1C(=O)NCC(=O)Oc1c(C)c(C)c2c(c1C)CCC(C)(CCCC(C)CCCC(C)CCCC(C)C)O2. The zero-order chi connectivity index (χ0) is 35.1. The van der Waals surface area contributed by atoms with Gasteiger partial charge in [0.15, 0.2) is 0 Å². The Hall–Kier alpha value is -2.12. The summed E-state index contributed by atoms with van der Waals surface area (Å²) in [5.74, 6) is 2.27. The second-order valence-electron chi connectivity index (χ2n) is 16.3. The molecule has 2 aliphatic rings. The van der Waals surface area contributed by atoms with Gasteiger partial charge < -0.3 is 24.6 Å². The Kier molecular flexibility index (Phi) is 14.2. The fraction of sp³-hybridized carbons (Fsp3) is 0.800. The molecule has 47 heavy (non-hydrogen) atoms. The molecule has 0 spiro atoms. The van der Waals surface area contributed by atoms with Gasteiger partial charge in [0.1, 0.15) is 23.6 Å². The number of amides is 1. The van der Waals surface area contributed by atoms with Crippen molar-refractivity contribution < 1.29 is 28.9 Å². The number of ether oxygens (including phenoxy) is 3. The van der Waals surface area contributed by atoms with Gasteiger partial charge in [-0.05, 0) is 108 Å². The van der Waals surface area contributed by atoms with Crippen LogP contribution in [-0.2, 0) is 20.7 Å². The van der Waals surface area contributed by atoms with Gasteiger partial charge in [0.25, 0.3) is 0 Å². The largest absolute Gasteiger partial charge is 0.487 e. The van der Waals surface area contributed by atoms with E-state index in [1.54, 1.807) is 0 Å². The third-order valence-corrected chi connectivity index (χ3v) is 11.0. The van der Waals surface area contributed by atoms with E-state index in [1.807, 2.05) is 41.5 Å². The molecular weight excluding hydrogens is 590 g/mol. The summed E-state index contributed by atoms with van der Waals surface area (Å²) in [4.78, 5) is 25.5. The van der Waals surface area contributed by atoms with Crippen molar-refractivity contribution in [1.82, 2.24) is 5.32 Å². The number of hydrogen-bond acceptors (Lipinski definition) is 6. The molecule has 3 rings (SSSR count). The number of aliphatic hydroxyl groups excluding tert-OH is 1. The van der Waals surface area contributed by atoms with Gasteiger partial charge in [-0.3, -0.25) is 4.79 Å². The van der Waals surface area contributed by atoms with E-state index in [0.29, 0.717) is 5.75 Å². The summed E-state index contributed by atoms with van der Waals surface area (Å²) in [5, 5.41) is 12.8. The lowest BCUT2D eigenvalue weighted by Gasteiger charge is -2.38. The summed E-state index contributed by atoms with van der Waals surface area (Å²) >= 11 is 0. The van der Waals surface area contributed by atoms with Gasteiger partial charge in [-0.25, -0.2) is 4.79 Å². The second kappa shape index (κ2) is 17.0. The molecule has 0 aromatic heterocycles. The molecule has 6 atom stereocenters. The number of carbonyl (C=O) groups excluding carboxylic acids is 2. The first kappa shape index (κ1) is 39.3. The number of rotatable bonds is 19. The minimum Gasteiger partial charge on any atom is -0.487 e. The van der Waals surface area contributed by atoms with E-state index < -0.39 is 35.6 Å². The van der Waals surface area contributed by atoms with Crippen molar-refractivity contribution in [3.63, 3.8) is 0 Å². The zero-order valence-corrected chi connectivity index (χ0v) is 31.6. The minimum absolute atomic E-state index is 0.203. The predicted octanol–water partition coefficient (Wildman–Crippen LogP) is 8.72. The predicted molar refractivity (Wildman–Crippen MR) is 190 cm³/mol. The van der Waals surface area contributed by atoms with E-state index >= 15 is 0 Å². The van der Waals surface area contributed by atoms with Crippen LogP contribution in [0.3, 0.4) is 0 Å². The van der Waals surface area contributed by atoms with Gasteiger partial charge in [-0.15, -0.1) is 0 Å². The Labute approximate surface area is 286 Å². The molecule has 0 saturated heterocycles. The van der Waals surface area contributed by atoms with Crippen LogP contribution in [-0.4, -0.2) is 46.9 Å². The molecule has 2 N–H and O–H groups in total. The van der Waals surface area contributed by atoms with Crippen molar-refractivity contribution in [2.75, 3.05) is 6.54 Å². The lowest BCUT2D eigenvalue weighted by molar-refractivity contribution is -0.136. The second-order valence-corrected chi connectivity index (χ2v) is 16.3. The van der Waals surface area contributed by atoms with E-state index in [2.05, 4.69) is 39.9 Å². The van der Waals surface area contributed by atoms with E-state index in [0.717, 1.165) is 77.9 Å². The third-order valence-electron chi connectivity index (χ3n) is 11.0. The molecule has 7 heteroatoms. The molecule has 1 heterocycles. The zero-order valence-electron chi connectivity index (χ0n) is 31.6. The molecular formula is C40H67NO6. The summed E-state index contributed by atoms with van der Waals surface area (Å²) in [6.07, 6.45) is 12.7. The molecule has 0 bridgehead atoms. The molecule has 6 unspecified atom stereocenters. The molecule has 1 aromatic rings. The molecule has 1 fully saturated rings. The van der Waals surface area contributed by atoms with Crippen molar-refractivity contribution in [1.29, 1.82) is 0 Å². The summed E-state index contributed by atoms with van der Waals surface area (Å²) in [7, 11) is 0. The first-order valence-electron chi connectivity index (χ1n) is 18.6. The topological polar surface area (TPSA) is 94.1 Å². The molecule has 1 amide bonds. The van der Waals surface area contributed by atoms with Gasteiger partial charge in [0.05, 0.1) is 23.7 Å². The Morgan fingerprint density at radius 2 is 1.55 bits per heavy atom. The van der Waals surface area contributed by atoms with Gasteiger partial charge >= 0.3 is 5.97 Å². The highest BCUT2D eigenvalue weighted by Crippen LogP contribution is 2.45. The third kappa shape index (κ3) is 11.2. The van der Waals surface area contributed by atoms with Crippen molar-refractivity contribution in [2.45, 2.75) is 177 Å². The van der Waals surface area contributed by atoms with E-state index in [9.17, 15) is 14.7 Å². The van der Waals surface area contributed by atoms with Crippen LogP contribution in [0.15, 0.2) is 0 Å². The van der Waals surface area contributed by atoms with Crippen LogP contribution >= 0.6 is 0 Å². The van der Waals surface area contributed by atoms with Crippen molar-refractivity contribution in [3.8, 4) is 11.5 Å². The Morgan fingerprint density at radius 1 is 0.957 bits per heavy atom. The highest BCUT2D eigenvalue weighted by Gasteiger charge is 2.57. The van der Waals surface area contributed by atoms with Crippen molar-refractivity contribution in [3.05, 3.63) is 22.3 Å². The number of carbonyl (C=O) groups is 2. The highest BCUT2D eigenvalue weighted by atomic mass is 16.5. The molecule has 1 aliphatic carbocycles. The lowest BCUT2D eigenvalue weighted by atomic mass is 9.83. The van der Waals surface area contributed by atoms with E-state index in [4.69, 9.17) is 14.2 Å². The fourth-order valence-corrected chi connectivity index (χ4v) is 7.01. The van der Waals surface area contributed by atoms with Crippen molar-refractivity contribution >= 4 is 11.9 Å². The number of fused-ring (bicyclic) bond motifs is 1. The number of nitrogens with one attached hydrogen (secondary N) is 1. The van der Waals surface area contributed by atoms with Crippen LogP contribution in [0.4, 0.5) is 0 Å². The Bertz CT molecular complexity index is 1210. The summed E-state index contributed by atoms with van der Waals surface area (Å²) in [6, 6.07) is 0. The van der Waals surface area contributed by atoms with Gasteiger partial charge in [-0.2, -0.15) is 0 Å². The Balaban J connectivity index is 1.48. The number of benzene rings is 1. The van der Waals surface area contributed by atoms with Crippen LogP contribution in [0, 0.1) is 44.4 Å². The van der Waals surface area contributed by atoms with Crippen LogP contribution in [0.2, 0.25) is 0 Å². The Morgan fingerprint density at radius 3 is 2.15 bits per heavy atom. The van der Waals surface area contributed by atoms with E-state index in [-0.39, 0.29) is 12.1 Å². The average molecular weight is 658 g/mol. The summed E-state index contributed by atoms with van der Waals surface area (Å²) < 4.78 is 18.5. The monoisotopic (exact) mass is 657 g/mol. The quantitative estimate of drug-likeness (QED) is 0.114. The number of hydrogen-bond donors (Lipinski definition) is 2. The highest BCUT2D eigenvalue weighted by molar-refractivity contribution is 5.87. The van der Waals surface area contributed by atoms with Crippen LogP contribution in [0.5, 0.6) is 11.5 Å². The number of esters is 1. The normalized spacial score (nSPS) is 23.6. The molecule has 1 aromatic carbocycles. The maximum absolute atomic E-state index is 12.9. The van der Waals surface area contributed by atoms with Gasteiger partial charge in [0.2, 0.25) is 5.91 Å². The molecule has 0 radical (unpaired) electrons. The van der Waals surface area contributed by atoms with Crippen LogP contribution in [0.1, 0.15) is 148 Å². The van der Waals surface area contributed by atoms with Crippen molar-refractivity contribution in [2.24, 2.45) is 23.7 Å². The summed E-state index contributed by atoms with van der Waals surface area (Å²) in [5.41, 5.74) is 3.27. The first-order chi connectivity index (χ1) is 22.0. The smallest absolute Gasteiger partial charge is 0.330 e.